The lowest BCUT2D eigenvalue weighted by molar-refractivity contribution is -0.114. The van der Waals surface area contributed by atoms with Crippen molar-refractivity contribution in [1.29, 1.82) is 0 Å². The first-order valence-electron chi connectivity index (χ1n) is 20.5. The number of allylic oxidation sites excluding steroid dienone is 3. The summed E-state index contributed by atoms with van der Waals surface area (Å²) in [5, 5.41) is 22.4. The van der Waals surface area contributed by atoms with Crippen molar-refractivity contribution in [2.24, 2.45) is 40.1 Å². The van der Waals surface area contributed by atoms with Crippen molar-refractivity contribution in [3.8, 4) is 23.3 Å². The Morgan fingerprint density at radius 3 is 2.52 bits per heavy atom. The van der Waals surface area contributed by atoms with Gasteiger partial charge < -0.3 is 31.2 Å². The second-order valence-corrected chi connectivity index (χ2v) is 16.5. The summed E-state index contributed by atoms with van der Waals surface area (Å²) in [6, 6.07) is 1.80. The van der Waals surface area contributed by atoms with E-state index in [0.29, 0.717) is 37.5 Å². The summed E-state index contributed by atoms with van der Waals surface area (Å²) in [6.07, 6.45) is 21.3. The van der Waals surface area contributed by atoms with Crippen molar-refractivity contribution < 1.29 is 24.5 Å². The number of phenols is 1. The Morgan fingerprint density at radius 2 is 1.79 bits per heavy atom. The van der Waals surface area contributed by atoms with Gasteiger partial charge in [0.25, 0.3) is 0 Å². The third kappa shape index (κ3) is 9.44. The molecular weight excluding hydrogens is 651 g/mol. The zero-order valence-corrected chi connectivity index (χ0v) is 31.7. The molecule has 3 fully saturated rings. The number of nitrogens with zero attached hydrogens (tertiary/aromatic N) is 1. The quantitative estimate of drug-likeness (QED) is 0.0539. The van der Waals surface area contributed by atoms with Gasteiger partial charge in [-0.1, -0.05) is 63.0 Å². The van der Waals surface area contributed by atoms with Gasteiger partial charge >= 0.3 is 0 Å². The lowest BCUT2D eigenvalue weighted by Gasteiger charge is -2.47. The molecular formula is C44H63N3O5. The number of guanidine groups is 1. The number of ketones is 1. The fourth-order valence-electron chi connectivity index (χ4n) is 9.92. The lowest BCUT2D eigenvalue weighted by Crippen LogP contribution is -2.40. The number of phenolic OH excluding ortho intramolecular Hbond substituents is 1. The number of aliphatic hydroxyl groups is 1. The summed E-state index contributed by atoms with van der Waals surface area (Å²) in [4.78, 5) is 18.0. The Balaban J connectivity index is 1.51. The van der Waals surface area contributed by atoms with E-state index in [-0.39, 0.29) is 72.4 Å². The molecule has 0 spiro atoms. The van der Waals surface area contributed by atoms with Crippen molar-refractivity contribution >= 4 is 11.7 Å². The van der Waals surface area contributed by atoms with Gasteiger partial charge in [0.15, 0.2) is 23.2 Å². The fraction of sp³-hybridized carbons (Fsp3) is 0.682. The minimum atomic E-state index is -0.165. The van der Waals surface area contributed by atoms with Gasteiger partial charge in [-0.25, -0.2) is 4.99 Å². The molecule has 6 atom stereocenters. The van der Waals surface area contributed by atoms with Crippen molar-refractivity contribution in [3.63, 3.8) is 0 Å². The highest BCUT2D eigenvalue weighted by Crippen LogP contribution is 2.56. The van der Waals surface area contributed by atoms with Gasteiger partial charge in [-0.15, -0.1) is 0 Å². The molecule has 6 N–H and O–H groups in total. The van der Waals surface area contributed by atoms with Gasteiger partial charge in [0.1, 0.15) is 0 Å². The Morgan fingerprint density at radius 1 is 1.04 bits per heavy atom. The summed E-state index contributed by atoms with van der Waals surface area (Å²) in [6.45, 7) is 4.89. The number of ether oxygens (including phenoxy) is 2. The van der Waals surface area contributed by atoms with Gasteiger partial charge in [0.05, 0.1) is 31.5 Å². The molecule has 3 saturated carbocycles. The molecule has 1 aromatic carbocycles. The average molecular weight is 714 g/mol. The number of fused-ring (bicyclic) bond motifs is 6. The number of hydrogen-bond donors (Lipinski definition) is 4. The van der Waals surface area contributed by atoms with Crippen LogP contribution >= 0.6 is 0 Å². The van der Waals surface area contributed by atoms with Gasteiger partial charge in [-0.3, -0.25) is 4.79 Å². The summed E-state index contributed by atoms with van der Waals surface area (Å²) in [7, 11) is 0. The third-order valence-electron chi connectivity index (χ3n) is 12.5. The number of aliphatic hydroxyl groups excluding tert-OH is 1. The predicted molar refractivity (Wildman–Crippen MR) is 207 cm³/mol. The Bertz CT molecular complexity index is 1550. The number of aliphatic imine (C=N–C) groups is 1. The molecule has 5 aliphatic rings. The van der Waals surface area contributed by atoms with Gasteiger partial charge in [-0.05, 0) is 124 Å². The SMILES string of the molecule is CCC/C(=C/C(=O)CCc1cc(OC2CCCC2)c(O)c2c1C#CC[C@@H](N=C(N)N)C[C@H]1C=C3CC[C@H](C)C[C@H]3[C@@H]2[C@@H]1COC1CCCCC1)CO. The maximum atomic E-state index is 13.3. The van der Waals surface area contributed by atoms with Gasteiger partial charge in [-0.2, -0.15) is 0 Å². The number of benzene rings is 1. The van der Waals surface area contributed by atoms with Crippen LogP contribution in [0.5, 0.6) is 11.5 Å². The monoisotopic (exact) mass is 713 g/mol. The van der Waals surface area contributed by atoms with Crippen LogP contribution in [0, 0.1) is 35.5 Å². The number of aromatic hydroxyl groups is 1. The second kappa shape index (κ2) is 18.2. The van der Waals surface area contributed by atoms with Crippen molar-refractivity contribution in [2.45, 2.75) is 154 Å². The predicted octanol–water partition coefficient (Wildman–Crippen LogP) is 7.76. The van der Waals surface area contributed by atoms with Crippen LogP contribution in [0.1, 0.15) is 146 Å². The zero-order chi connectivity index (χ0) is 36.6. The Kier molecular flexibility index (Phi) is 13.4. The first-order chi connectivity index (χ1) is 25.2. The minimum Gasteiger partial charge on any atom is -0.504 e. The lowest BCUT2D eigenvalue weighted by atomic mass is 9.58. The molecule has 2 bridgehead atoms. The van der Waals surface area contributed by atoms with Crippen LogP contribution in [0.15, 0.2) is 34.4 Å². The summed E-state index contributed by atoms with van der Waals surface area (Å²) >= 11 is 0. The normalized spacial score (nSPS) is 28.1. The van der Waals surface area contributed by atoms with E-state index in [0.717, 1.165) is 92.9 Å². The molecule has 52 heavy (non-hydrogen) atoms. The number of aryl methyl sites for hydroxylation is 1. The summed E-state index contributed by atoms with van der Waals surface area (Å²) in [5.41, 5.74) is 16.9. The molecule has 8 heteroatoms. The van der Waals surface area contributed by atoms with E-state index in [4.69, 9.17) is 25.9 Å². The zero-order valence-electron chi connectivity index (χ0n) is 31.7. The van der Waals surface area contributed by atoms with Gasteiger partial charge in [0, 0.05) is 29.9 Å². The molecule has 0 aromatic heterocycles. The smallest absolute Gasteiger partial charge is 0.186 e. The Labute approximate surface area is 311 Å². The maximum absolute atomic E-state index is 13.3. The molecule has 8 nitrogen and oxygen atoms in total. The van der Waals surface area contributed by atoms with Crippen LogP contribution < -0.4 is 16.2 Å². The Hall–Kier alpha value is -3.28. The molecule has 0 radical (unpaired) electrons. The van der Waals surface area contributed by atoms with Crippen LogP contribution in [-0.4, -0.2) is 53.4 Å². The standard InChI is InChI=1S/C44H63N3O5/c1-3-10-29(26-48)22-34(49)20-19-31-25-40(52-36-14-7-8-15-36)43(50)42-37(31)16-9-11-33(47-44(45)46)24-32-23-30-18-17-28(2)21-38(30)41(42)39(32)27-51-35-12-5-4-6-13-35/h22-23,25,28,32-33,35-36,38-39,41,48,50H,3-8,10-15,17-21,24,26-27H2,1-2H3,(H4,45,46,47)/b29-22-/t28-,32+,33+,38+,39+,41+/m0/s1. The molecule has 0 heterocycles. The minimum absolute atomic E-state index is 0.0129. The van der Waals surface area contributed by atoms with Crippen LogP contribution in [-0.2, 0) is 16.0 Å². The van der Waals surface area contributed by atoms with E-state index in [2.05, 4.69) is 24.8 Å². The van der Waals surface area contributed by atoms with E-state index in [1.54, 1.807) is 6.08 Å². The summed E-state index contributed by atoms with van der Waals surface area (Å²) < 4.78 is 13.6. The fourth-order valence-corrected chi connectivity index (χ4v) is 9.92. The molecule has 0 unspecified atom stereocenters. The molecule has 0 saturated heterocycles. The van der Waals surface area contributed by atoms with E-state index in [1.165, 1.54) is 24.8 Å². The number of hydrogen-bond acceptors (Lipinski definition) is 6. The van der Waals surface area contributed by atoms with Crippen molar-refractivity contribution in [2.75, 3.05) is 13.2 Å². The first-order valence-corrected chi connectivity index (χ1v) is 20.5. The average Bonchev–Trinajstić information content (AvgIpc) is 3.64. The molecule has 6 rings (SSSR count). The topological polar surface area (TPSA) is 140 Å². The number of rotatable bonds is 13. The van der Waals surface area contributed by atoms with Crippen molar-refractivity contribution in [1.82, 2.24) is 0 Å². The molecule has 5 aliphatic carbocycles. The maximum Gasteiger partial charge on any atom is 0.186 e. The highest BCUT2D eigenvalue weighted by molar-refractivity contribution is 5.90. The summed E-state index contributed by atoms with van der Waals surface area (Å²) in [5.74, 6) is 8.79. The van der Waals surface area contributed by atoms with E-state index in [9.17, 15) is 15.0 Å². The van der Waals surface area contributed by atoms with E-state index < -0.39 is 0 Å². The van der Waals surface area contributed by atoms with Crippen molar-refractivity contribution in [3.05, 3.63) is 46.1 Å². The highest BCUT2D eigenvalue weighted by Gasteiger charge is 2.46. The first kappa shape index (κ1) is 38.4. The van der Waals surface area contributed by atoms with Crippen LogP contribution in [0.2, 0.25) is 0 Å². The molecule has 284 valence electrons. The second-order valence-electron chi connectivity index (χ2n) is 16.5. The number of carbonyl (C=O) groups excluding carboxylic acids is 1. The largest absolute Gasteiger partial charge is 0.504 e. The van der Waals surface area contributed by atoms with Crippen LogP contribution in [0.25, 0.3) is 0 Å². The molecule has 1 aromatic rings. The van der Waals surface area contributed by atoms with Gasteiger partial charge in [0.2, 0.25) is 0 Å². The number of carbonyl (C=O) groups is 1. The third-order valence-corrected chi connectivity index (χ3v) is 12.5. The van der Waals surface area contributed by atoms with Crippen LogP contribution in [0.4, 0.5) is 0 Å². The van der Waals surface area contributed by atoms with E-state index >= 15 is 0 Å². The number of nitrogens with two attached hydrogens (primary N) is 2. The highest BCUT2D eigenvalue weighted by atomic mass is 16.5. The van der Waals surface area contributed by atoms with E-state index in [1.807, 2.05) is 13.0 Å². The molecule has 0 aliphatic heterocycles. The van der Waals surface area contributed by atoms with Crippen LogP contribution in [0.3, 0.4) is 0 Å². The molecule has 0 amide bonds.